The van der Waals surface area contributed by atoms with Crippen molar-refractivity contribution in [3.8, 4) is 11.1 Å². The molecular formula is C26H28N2O6S2. The Labute approximate surface area is 214 Å². The number of ether oxygens (including phenoxy) is 2. The number of thiophene rings is 1. The molecule has 1 aromatic heterocycles. The van der Waals surface area contributed by atoms with Crippen LogP contribution in [0, 0.1) is 6.92 Å². The zero-order valence-electron chi connectivity index (χ0n) is 20.2. The lowest BCUT2D eigenvalue weighted by Gasteiger charge is -2.26. The topological polar surface area (TPSA) is 102 Å². The van der Waals surface area contributed by atoms with Crippen molar-refractivity contribution < 1.29 is 27.5 Å². The van der Waals surface area contributed by atoms with E-state index >= 15 is 0 Å². The lowest BCUT2D eigenvalue weighted by molar-refractivity contribution is 0.0528. The molecule has 1 aliphatic rings. The van der Waals surface area contributed by atoms with Gasteiger partial charge in [0.25, 0.3) is 0 Å². The van der Waals surface area contributed by atoms with Gasteiger partial charge in [-0.25, -0.2) is 13.2 Å². The first-order valence-electron chi connectivity index (χ1n) is 11.6. The third-order valence-electron chi connectivity index (χ3n) is 5.83. The summed E-state index contributed by atoms with van der Waals surface area (Å²) in [6.45, 7) is 5.26. The molecule has 8 nitrogen and oxygen atoms in total. The third-order valence-corrected chi connectivity index (χ3v) is 8.68. The number of aryl methyl sites for hydroxylation is 1. The Bertz CT molecular complexity index is 1330. The highest BCUT2D eigenvalue weighted by atomic mass is 32.2. The van der Waals surface area contributed by atoms with Crippen LogP contribution in [0.2, 0.25) is 0 Å². The Morgan fingerprint density at radius 1 is 1.06 bits per heavy atom. The summed E-state index contributed by atoms with van der Waals surface area (Å²) >= 11 is 1.33. The average Bonchev–Trinajstić information content (AvgIpc) is 3.32. The number of esters is 1. The van der Waals surface area contributed by atoms with Gasteiger partial charge in [-0.2, -0.15) is 4.31 Å². The SMILES string of the molecule is CCOC(=O)c1c(-c2ccc(C)cc2)csc1NCC(=O)c1ccc(S(=O)(=O)N2CCOCC2)cc1. The van der Waals surface area contributed by atoms with Crippen LogP contribution >= 0.6 is 11.3 Å². The molecule has 10 heteroatoms. The number of morpholine rings is 1. The predicted octanol–water partition coefficient (Wildman–Crippen LogP) is 4.22. The minimum Gasteiger partial charge on any atom is -0.462 e. The standard InChI is InChI=1S/C26H28N2O6S2/c1-3-34-26(30)24-22(19-6-4-18(2)5-7-19)17-35-25(24)27-16-23(29)20-8-10-21(11-9-20)36(31,32)28-12-14-33-15-13-28/h4-11,17,27H,3,12-16H2,1-2H3. The molecule has 4 rings (SSSR count). The smallest absolute Gasteiger partial charge is 0.341 e. The zero-order chi connectivity index (χ0) is 25.7. The molecular weight excluding hydrogens is 500 g/mol. The van der Waals surface area contributed by atoms with Gasteiger partial charge in [0.2, 0.25) is 10.0 Å². The number of sulfonamides is 1. The van der Waals surface area contributed by atoms with E-state index in [4.69, 9.17) is 9.47 Å². The maximum Gasteiger partial charge on any atom is 0.341 e. The van der Waals surface area contributed by atoms with Crippen LogP contribution in [-0.2, 0) is 19.5 Å². The summed E-state index contributed by atoms with van der Waals surface area (Å²) in [6.07, 6.45) is 0. The lowest BCUT2D eigenvalue weighted by Crippen LogP contribution is -2.40. The van der Waals surface area contributed by atoms with Crippen molar-refractivity contribution in [2.75, 3.05) is 44.8 Å². The quantitative estimate of drug-likeness (QED) is 0.328. The summed E-state index contributed by atoms with van der Waals surface area (Å²) in [6, 6.07) is 13.8. The average molecular weight is 529 g/mol. The molecule has 2 aromatic carbocycles. The molecule has 190 valence electrons. The molecule has 0 aliphatic carbocycles. The van der Waals surface area contributed by atoms with Crippen LogP contribution in [-0.4, -0.2) is 63.9 Å². The summed E-state index contributed by atoms with van der Waals surface area (Å²) in [5.41, 5.74) is 3.50. The molecule has 1 aliphatic heterocycles. The summed E-state index contributed by atoms with van der Waals surface area (Å²) < 4.78 is 37.5. The van der Waals surface area contributed by atoms with Crippen molar-refractivity contribution in [1.29, 1.82) is 0 Å². The number of nitrogens with zero attached hydrogens (tertiary/aromatic N) is 1. The minimum absolute atomic E-state index is 0.0597. The zero-order valence-corrected chi connectivity index (χ0v) is 21.8. The number of hydrogen-bond acceptors (Lipinski definition) is 8. The van der Waals surface area contributed by atoms with Crippen molar-refractivity contribution in [3.05, 3.63) is 70.6 Å². The molecule has 1 fully saturated rings. The molecule has 1 saturated heterocycles. The highest BCUT2D eigenvalue weighted by Gasteiger charge is 2.26. The van der Waals surface area contributed by atoms with E-state index < -0.39 is 16.0 Å². The van der Waals surface area contributed by atoms with Crippen LogP contribution in [0.15, 0.2) is 58.8 Å². The molecule has 0 radical (unpaired) electrons. The van der Waals surface area contributed by atoms with Gasteiger partial charge in [0.1, 0.15) is 10.6 Å². The Morgan fingerprint density at radius 2 is 1.72 bits per heavy atom. The molecule has 3 aromatic rings. The Balaban J connectivity index is 1.49. The summed E-state index contributed by atoms with van der Waals surface area (Å²) in [5, 5.41) is 5.49. The van der Waals surface area contributed by atoms with E-state index in [-0.39, 0.29) is 23.8 Å². The van der Waals surface area contributed by atoms with Gasteiger partial charge in [-0.1, -0.05) is 29.8 Å². The number of carbonyl (C=O) groups is 2. The van der Waals surface area contributed by atoms with Crippen molar-refractivity contribution in [3.63, 3.8) is 0 Å². The number of ketones is 1. The minimum atomic E-state index is -3.63. The molecule has 2 heterocycles. The van der Waals surface area contributed by atoms with E-state index in [1.165, 1.54) is 39.9 Å². The predicted molar refractivity (Wildman–Crippen MR) is 139 cm³/mol. The molecule has 0 amide bonds. The molecule has 0 atom stereocenters. The number of hydrogen-bond donors (Lipinski definition) is 1. The van der Waals surface area contributed by atoms with Crippen LogP contribution in [0.5, 0.6) is 0 Å². The van der Waals surface area contributed by atoms with Crippen molar-refractivity contribution >= 4 is 38.1 Å². The largest absolute Gasteiger partial charge is 0.462 e. The van der Waals surface area contributed by atoms with Gasteiger partial charge in [-0.15, -0.1) is 11.3 Å². The first-order valence-corrected chi connectivity index (χ1v) is 13.9. The van der Waals surface area contributed by atoms with E-state index in [2.05, 4.69) is 5.32 Å². The second-order valence-corrected chi connectivity index (χ2v) is 11.1. The Morgan fingerprint density at radius 3 is 2.36 bits per heavy atom. The van der Waals surface area contributed by atoms with Crippen LogP contribution < -0.4 is 5.32 Å². The normalized spacial score (nSPS) is 14.4. The number of benzene rings is 2. The fourth-order valence-corrected chi connectivity index (χ4v) is 6.22. The molecule has 0 unspecified atom stereocenters. The summed E-state index contributed by atoms with van der Waals surface area (Å²) in [7, 11) is -3.63. The number of nitrogens with one attached hydrogen (secondary N) is 1. The van der Waals surface area contributed by atoms with Crippen LogP contribution in [0.1, 0.15) is 33.2 Å². The molecule has 1 N–H and O–H groups in total. The number of anilines is 1. The summed E-state index contributed by atoms with van der Waals surface area (Å²) in [4.78, 5) is 25.7. The van der Waals surface area contributed by atoms with Gasteiger partial charge in [0, 0.05) is 29.6 Å². The van der Waals surface area contributed by atoms with Gasteiger partial charge in [0.15, 0.2) is 5.78 Å². The lowest BCUT2D eigenvalue weighted by atomic mass is 10.0. The van der Waals surface area contributed by atoms with E-state index in [0.717, 1.165) is 16.7 Å². The second-order valence-electron chi connectivity index (χ2n) is 8.26. The van der Waals surface area contributed by atoms with E-state index in [9.17, 15) is 18.0 Å². The van der Waals surface area contributed by atoms with Crippen LogP contribution in [0.4, 0.5) is 5.00 Å². The fourth-order valence-electron chi connectivity index (χ4n) is 3.85. The van der Waals surface area contributed by atoms with E-state index in [0.29, 0.717) is 42.4 Å². The maximum absolute atomic E-state index is 12.9. The van der Waals surface area contributed by atoms with Gasteiger partial charge < -0.3 is 14.8 Å². The van der Waals surface area contributed by atoms with Gasteiger partial charge >= 0.3 is 5.97 Å². The van der Waals surface area contributed by atoms with E-state index in [1.807, 2.05) is 36.6 Å². The van der Waals surface area contributed by atoms with Gasteiger partial charge in [0.05, 0.1) is 31.3 Å². The molecule has 0 spiro atoms. The first kappa shape index (κ1) is 26.0. The molecule has 0 saturated carbocycles. The van der Waals surface area contributed by atoms with E-state index in [1.54, 1.807) is 6.92 Å². The summed E-state index contributed by atoms with van der Waals surface area (Å²) in [5.74, 6) is -0.688. The molecule has 0 bridgehead atoms. The van der Waals surface area contributed by atoms with Crippen LogP contribution in [0.3, 0.4) is 0 Å². The monoisotopic (exact) mass is 528 g/mol. The van der Waals surface area contributed by atoms with Gasteiger partial charge in [-0.05, 0) is 43.7 Å². The highest BCUT2D eigenvalue weighted by Crippen LogP contribution is 2.36. The van der Waals surface area contributed by atoms with Crippen LogP contribution in [0.25, 0.3) is 11.1 Å². The maximum atomic E-state index is 12.9. The van der Waals surface area contributed by atoms with Crippen molar-refractivity contribution in [2.24, 2.45) is 0 Å². The Kier molecular flexibility index (Phi) is 8.20. The highest BCUT2D eigenvalue weighted by molar-refractivity contribution is 7.89. The Hall–Kier alpha value is -3.05. The molecule has 36 heavy (non-hydrogen) atoms. The third kappa shape index (κ3) is 5.67. The fraction of sp³-hybridized carbons (Fsp3) is 0.308. The number of Topliss-reactive ketones (excluding diaryl/α,β-unsaturated/α-hetero) is 1. The van der Waals surface area contributed by atoms with Crippen molar-refractivity contribution in [1.82, 2.24) is 4.31 Å². The first-order chi connectivity index (χ1) is 17.3. The van der Waals surface area contributed by atoms with Crippen molar-refractivity contribution in [2.45, 2.75) is 18.7 Å². The van der Waals surface area contributed by atoms with Gasteiger partial charge in [-0.3, -0.25) is 4.79 Å². The second kappa shape index (κ2) is 11.3. The number of carbonyl (C=O) groups excluding carboxylic acids is 2. The number of rotatable bonds is 9.